The monoisotopic (exact) mass is 283 g/mol. The summed E-state index contributed by atoms with van der Waals surface area (Å²) < 4.78 is 4.91. The Hall–Kier alpha value is -3.02. The molecule has 0 spiro atoms. The Bertz CT molecular complexity index is 652. The number of benzene rings is 1. The maximum Gasteiger partial charge on any atom is 0.308 e. The summed E-state index contributed by atoms with van der Waals surface area (Å²) in [7, 11) is 0. The Morgan fingerprint density at radius 3 is 2.43 bits per heavy atom. The first-order valence-electron chi connectivity index (χ1n) is 6.17. The van der Waals surface area contributed by atoms with Crippen LogP contribution in [0.15, 0.2) is 53.9 Å². The van der Waals surface area contributed by atoms with E-state index >= 15 is 0 Å². The van der Waals surface area contributed by atoms with Crippen LogP contribution in [0.5, 0.6) is 5.75 Å². The van der Waals surface area contributed by atoms with Gasteiger partial charge in [-0.15, -0.1) is 0 Å². The maximum absolute atomic E-state index is 11.7. The topological polar surface area (TPSA) is 80.6 Å². The molecule has 1 N–H and O–H groups in total. The van der Waals surface area contributed by atoms with Gasteiger partial charge in [0.05, 0.1) is 6.21 Å². The van der Waals surface area contributed by atoms with E-state index in [1.807, 2.05) is 0 Å². The van der Waals surface area contributed by atoms with Crippen LogP contribution < -0.4 is 10.2 Å². The molecule has 0 fully saturated rings. The molecular weight excluding hydrogens is 270 g/mol. The predicted octanol–water partition coefficient (Wildman–Crippen LogP) is 1.77. The molecule has 0 unspecified atom stereocenters. The Morgan fingerprint density at radius 1 is 1.14 bits per heavy atom. The number of hydrogen-bond donors (Lipinski definition) is 1. The zero-order valence-electron chi connectivity index (χ0n) is 11.3. The number of pyridine rings is 1. The number of amides is 1. The number of ether oxygens (including phenoxy) is 1. The second-order valence-electron chi connectivity index (χ2n) is 4.10. The second kappa shape index (κ2) is 6.95. The minimum atomic E-state index is -0.374. The minimum absolute atomic E-state index is 0.315. The molecule has 0 saturated heterocycles. The third-order valence-corrected chi connectivity index (χ3v) is 2.46. The van der Waals surface area contributed by atoms with Gasteiger partial charge >= 0.3 is 5.97 Å². The molecule has 1 amide bonds. The molecule has 106 valence electrons. The molecule has 6 nitrogen and oxygen atoms in total. The van der Waals surface area contributed by atoms with Crippen LogP contribution in [0.1, 0.15) is 22.8 Å². The van der Waals surface area contributed by atoms with Crippen molar-refractivity contribution in [1.82, 2.24) is 10.4 Å². The van der Waals surface area contributed by atoms with Gasteiger partial charge in [-0.05, 0) is 42.0 Å². The van der Waals surface area contributed by atoms with Gasteiger partial charge in [0.15, 0.2) is 0 Å². The van der Waals surface area contributed by atoms with Gasteiger partial charge in [-0.1, -0.05) is 0 Å². The number of hydrogen-bond acceptors (Lipinski definition) is 5. The number of nitrogens with one attached hydrogen (secondary N) is 1. The lowest BCUT2D eigenvalue weighted by Crippen LogP contribution is -2.17. The van der Waals surface area contributed by atoms with Gasteiger partial charge in [0.1, 0.15) is 5.75 Å². The normalized spacial score (nSPS) is 10.3. The average molecular weight is 283 g/mol. The minimum Gasteiger partial charge on any atom is -0.427 e. The van der Waals surface area contributed by atoms with Gasteiger partial charge in [0, 0.05) is 24.9 Å². The molecule has 0 bridgehead atoms. The average Bonchev–Trinajstić information content (AvgIpc) is 2.49. The molecule has 0 aliphatic carbocycles. The third kappa shape index (κ3) is 4.54. The van der Waals surface area contributed by atoms with Gasteiger partial charge in [0.2, 0.25) is 0 Å². The number of rotatable bonds is 4. The molecule has 2 rings (SSSR count). The van der Waals surface area contributed by atoms with Crippen LogP contribution in [0.2, 0.25) is 0 Å². The molecule has 0 aliphatic heterocycles. The summed E-state index contributed by atoms with van der Waals surface area (Å²) in [5, 5.41) is 3.86. The summed E-state index contributed by atoms with van der Waals surface area (Å²) in [5.74, 6) is -0.230. The van der Waals surface area contributed by atoms with Crippen molar-refractivity contribution in [1.29, 1.82) is 0 Å². The van der Waals surface area contributed by atoms with Crippen molar-refractivity contribution in [3.63, 3.8) is 0 Å². The Kier molecular flexibility index (Phi) is 4.76. The first-order valence-corrected chi connectivity index (χ1v) is 6.17. The number of carbonyl (C=O) groups is 2. The lowest BCUT2D eigenvalue weighted by molar-refractivity contribution is -0.131. The van der Waals surface area contributed by atoms with Gasteiger partial charge in [0.25, 0.3) is 5.91 Å². The predicted molar refractivity (Wildman–Crippen MR) is 77.0 cm³/mol. The maximum atomic E-state index is 11.7. The van der Waals surface area contributed by atoms with Crippen LogP contribution in [0.3, 0.4) is 0 Å². The number of hydrazone groups is 1. The standard InChI is InChI=1S/C15H13N3O3/c1-11(19)21-14-4-2-12(3-5-14)10-17-18-15(20)13-6-8-16-9-7-13/h2-10H,1H3,(H,18,20)/b17-10-. The van der Waals surface area contributed by atoms with Crippen molar-refractivity contribution in [2.45, 2.75) is 6.92 Å². The zero-order chi connectivity index (χ0) is 15.1. The van der Waals surface area contributed by atoms with Crippen LogP contribution in [0.4, 0.5) is 0 Å². The molecule has 0 atom stereocenters. The Labute approximate surface area is 121 Å². The number of aromatic nitrogens is 1. The van der Waals surface area contributed by atoms with Crippen molar-refractivity contribution < 1.29 is 14.3 Å². The first kappa shape index (κ1) is 14.4. The molecule has 0 aliphatic rings. The summed E-state index contributed by atoms with van der Waals surface area (Å²) in [6, 6.07) is 9.93. The fraction of sp³-hybridized carbons (Fsp3) is 0.0667. The van der Waals surface area contributed by atoms with Gasteiger partial charge < -0.3 is 4.74 Å². The van der Waals surface area contributed by atoms with Crippen LogP contribution in [-0.4, -0.2) is 23.1 Å². The molecule has 0 saturated carbocycles. The summed E-state index contributed by atoms with van der Waals surface area (Å²) in [6.45, 7) is 1.34. The highest BCUT2D eigenvalue weighted by Gasteiger charge is 2.02. The molecule has 1 aromatic heterocycles. The van der Waals surface area contributed by atoms with Crippen LogP contribution >= 0.6 is 0 Å². The first-order chi connectivity index (χ1) is 10.1. The third-order valence-electron chi connectivity index (χ3n) is 2.46. The fourth-order valence-corrected chi connectivity index (χ4v) is 1.52. The van der Waals surface area contributed by atoms with E-state index in [1.54, 1.807) is 36.4 Å². The highest BCUT2D eigenvalue weighted by atomic mass is 16.5. The van der Waals surface area contributed by atoms with Crippen molar-refractivity contribution >= 4 is 18.1 Å². The number of esters is 1. The van der Waals surface area contributed by atoms with Crippen molar-refractivity contribution in [2.24, 2.45) is 5.10 Å². The van der Waals surface area contributed by atoms with E-state index in [1.165, 1.54) is 25.5 Å². The van der Waals surface area contributed by atoms with Crippen LogP contribution in [0, 0.1) is 0 Å². The van der Waals surface area contributed by atoms with Crippen LogP contribution in [-0.2, 0) is 4.79 Å². The van der Waals surface area contributed by atoms with E-state index in [0.717, 1.165) is 5.56 Å². The smallest absolute Gasteiger partial charge is 0.308 e. The molecular formula is C15H13N3O3. The molecule has 6 heteroatoms. The lowest BCUT2D eigenvalue weighted by Gasteiger charge is -2.01. The van der Waals surface area contributed by atoms with Gasteiger partial charge in [-0.25, -0.2) is 5.43 Å². The Morgan fingerprint density at radius 2 is 1.81 bits per heavy atom. The van der Waals surface area contributed by atoms with E-state index in [4.69, 9.17) is 4.74 Å². The van der Waals surface area contributed by atoms with Gasteiger partial charge in [-0.3, -0.25) is 14.6 Å². The number of carbonyl (C=O) groups excluding carboxylic acids is 2. The molecule has 1 aromatic carbocycles. The molecule has 2 aromatic rings. The van der Waals surface area contributed by atoms with Crippen molar-refractivity contribution in [2.75, 3.05) is 0 Å². The quantitative estimate of drug-likeness (QED) is 0.401. The highest BCUT2D eigenvalue weighted by molar-refractivity contribution is 5.94. The van der Waals surface area contributed by atoms with E-state index in [9.17, 15) is 9.59 Å². The molecule has 1 heterocycles. The van der Waals surface area contributed by atoms with Crippen molar-refractivity contribution in [3.8, 4) is 5.75 Å². The van der Waals surface area contributed by atoms with E-state index in [-0.39, 0.29) is 11.9 Å². The van der Waals surface area contributed by atoms with E-state index in [0.29, 0.717) is 11.3 Å². The zero-order valence-corrected chi connectivity index (χ0v) is 11.3. The largest absolute Gasteiger partial charge is 0.427 e. The van der Waals surface area contributed by atoms with Gasteiger partial charge in [-0.2, -0.15) is 5.10 Å². The fourth-order valence-electron chi connectivity index (χ4n) is 1.52. The summed E-state index contributed by atoms with van der Waals surface area (Å²) in [6.07, 6.45) is 4.56. The Balaban J connectivity index is 1.92. The van der Waals surface area contributed by atoms with Crippen LogP contribution in [0.25, 0.3) is 0 Å². The molecule has 0 radical (unpaired) electrons. The second-order valence-corrected chi connectivity index (χ2v) is 4.10. The SMILES string of the molecule is CC(=O)Oc1ccc(/C=N\NC(=O)c2ccncc2)cc1. The summed E-state index contributed by atoms with van der Waals surface area (Å²) >= 11 is 0. The molecule has 21 heavy (non-hydrogen) atoms. The van der Waals surface area contributed by atoms with E-state index in [2.05, 4.69) is 15.5 Å². The number of nitrogens with zero attached hydrogens (tertiary/aromatic N) is 2. The van der Waals surface area contributed by atoms with Crippen molar-refractivity contribution in [3.05, 3.63) is 59.9 Å². The van der Waals surface area contributed by atoms with E-state index < -0.39 is 0 Å². The lowest BCUT2D eigenvalue weighted by atomic mass is 10.2. The summed E-state index contributed by atoms with van der Waals surface area (Å²) in [5.41, 5.74) is 3.66. The summed E-state index contributed by atoms with van der Waals surface area (Å²) in [4.78, 5) is 26.3. The highest BCUT2D eigenvalue weighted by Crippen LogP contribution is 2.11.